The molecule has 0 saturated heterocycles. The number of hydrogen-bond donors (Lipinski definition) is 2. The van der Waals surface area contributed by atoms with Gasteiger partial charge in [-0.15, -0.1) is 0 Å². The third-order valence-corrected chi connectivity index (χ3v) is 5.99. The molecule has 0 fully saturated rings. The van der Waals surface area contributed by atoms with Gasteiger partial charge in [-0.3, -0.25) is 5.43 Å². The second-order valence-electron chi connectivity index (χ2n) is 7.01. The molecule has 0 amide bonds. The van der Waals surface area contributed by atoms with Crippen LogP contribution in [0.4, 0.5) is 0 Å². The average Bonchev–Trinajstić information content (AvgIpc) is 3.21. The first-order valence-electron chi connectivity index (χ1n) is 10.00. The van der Waals surface area contributed by atoms with Gasteiger partial charge >= 0.3 is 0 Å². The molecule has 0 spiro atoms. The average molecular weight is 420 g/mol. The lowest BCUT2D eigenvalue weighted by atomic mass is 10.1. The number of hydrogen-bond acceptors (Lipinski definition) is 6. The highest BCUT2D eigenvalue weighted by Gasteiger charge is 2.27. The van der Waals surface area contributed by atoms with E-state index in [-0.39, 0.29) is 11.9 Å². The first kappa shape index (κ1) is 20.2. The van der Waals surface area contributed by atoms with Crippen LogP contribution in [0.15, 0.2) is 84.0 Å². The van der Waals surface area contributed by atoms with Gasteiger partial charge in [0, 0.05) is 12.3 Å². The summed E-state index contributed by atoms with van der Waals surface area (Å²) in [5.41, 5.74) is 6.67. The predicted molar refractivity (Wildman–Crippen MR) is 122 cm³/mol. The lowest BCUT2D eigenvalue weighted by molar-refractivity contribution is 0.306. The molecule has 1 atom stereocenters. The van der Waals surface area contributed by atoms with Crippen LogP contribution < -0.4 is 10.2 Å². The highest BCUT2D eigenvalue weighted by Crippen LogP contribution is 2.29. The Bertz CT molecular complexity index is 976. The van der Waals surface area contributed by atoms with Crippen LogP contribution in [0.2, 0.25) is 0 Å². The Kier molecular flexibility index (Phi) is 6.44. The number of nitrogens with zero attached hydrogens (tertiary/aromatic N) is 2. The van der Waals surface area contributed by atoms with Crippen molar-refractivity contribution in [2.45, 2.75) is 25.4 Å². The quantitative estimate of drug-likeness (QED) is 0.558. The number of phenolic OH excluding ortho intramolecular Hbond substituents is 1. The van der Waals surface area contributed by atoms with Gasteiger partial charge in [-0.1, -0.05) is 66.4 Å². The summed E-state index contributed by atoms with van der Waals surface area (Å²) in [7, 11) is 0. The molecule has 1 unspecified atom stereocenters. The Morgan fingerprint density at radius 3 is 2.40 bits per heavy atom. The Morgan fingerprint density at radius 1 is 0.967 bits per heavy atom. The fourth-order valence-electron chi connectivity index (χ4n) is 3.28. The molecule has 1 aliphatic rings. The summed E-state index contributed by atoms with van der Waals surface area (Å²) in [5, 5.41) is 15.0. The van der Waals surface area contributed by atoms with E-state index in [9.17, 15) is 5.11 Å². The zero-order valence-corrected chi connectivity index (χ0v) is 17.7. The molecule has 3 aromatic rings. The van der Waals surface area contributed by atoms with Crippen LogP contribution in [-0.2, 0) is 12.4 Å². The van der Waals surface area contributed by atoms with Crippen LogP contribution in [0.1, 0.15) is 29.8 Å². The van der Waals surface area contributed by atoms with Gasteiger partial charge in [0.15, 0.2) is 5.17 Å². The van der Waals surface area contributed by atoms with Gasteiger partial charge in [-0.05, 0) is 47.9 Å². The third kappa shape index (κ3) is 4.89. The second kappa shape index (κ2) is 9.59. The number of nitrogens with one attached hydrogen (secondary N) is 1. The van der Waals surface area contributed by atoms with Gasteiger partial charge in [0.05, 0.1) is 0 Å². The number of rotatable bonds is 7. The number of benzene rings is 3. The number of aromatic hydroxyl groups is 1. The number of hydrazone groups is 1. The SMILES string of the molecule is CCN1C(SCc2ccc(OCc3ccccc3)cc2)=NNC1c1ccc(O)cc1. The maximum Gasteiger partial charge on any atom is 0.185 e. The first-order chi connectivity index (χ1) is 14.7. The summed E-state index contributed by atoms with van der Waals surface area (Å²) in [6.07, 6.45) is -0.00753. The van der Waals surface area contributed by atoms with Crippen molar-refractivity contribution in [2.75, 3.05) is 6.54 Å². The second-order valence-corrected chi connectivity index (χ2v) is 7.95. The largest absolute Gasteiger partial charge is 0.508 e. The number of ether oxygens (including phenoxy) is 1. The van der Waals surface area contributed by atoms with Crippen molar-refractivity contribution in [3.8, 4) is 11.5 Å². The molecule has 4 rings (SSSR count). The van der Waals surface area contributed by atoms with E-state index in [1.165, 1.54) is 5.56 Å². The lowest BCUT2D eigenvalue weighted by Gasteiger charge is -2.25. The van der Waals surface area contributed by atoms with E-state index in [0.29, 0.717) is 6.61 Å². The van der Waals surface area contributed by atoms with Gasteiger partial charge in [-0.25, -0.2) is 0 Å². The van der Waals surface area contributed by atoms with E-state index in [4.69, 9.17) is 4.74 Å². The third-order valence-electron chi connectivity index (χ3n) is 4.93. The molecule has 0 radical (unpaired) electrons. The molecular formula is C24H25N3O2S. The summed E-state index contributed by atoms with van der Waals surface area (Å²) in [4.78, 5) is 2.23. The topological polar surface area (TPSA) is 57.1 Å². The predicted octanol–water partition coefficient (Wildman–Crippen LogP) is 5.10. The van der Waals surface area contributed by atoms with Gasteiger partial charge < -0.3 is 14.7 Å². The molecule has 0 aliphatic carbocycles. The van der Waals surface area contributed by atoms with Crippen molar-refractivity contribution >= 4 is 16.9 Å². The van der Waals surface area contributed by atoms with Crippen LogP contribution in [0.3, 0.4) is 0 Å². The summed E-state index contributed by atoms with van der Waals surface area (Å²) in [5.74, 6) is 1.97. The Hall–Kier alpha value is -3.12. The molecule has 5 nitrogen and oxygen atoms in total. The Balaban J connectivity index is 1.31. The fraction of sp³-hybridized carbons (Fsp3) is 0.208. The first-order valence-corrected chi connectivity index (χ1v) is 11.0. The summed E-state index contributed by atoms with van der Waals surface area (Å²) < 4.78 is 5.86. The standard InChI is InChI=1S/C24H25N3O2S/c1-2-27-23(20-10-12-21(28)13-11-20)25-26-24(27)30-17-19-8-14-22(15-9-19)29-16-18-6-4-3-5-7-18/h3-15,23,25,28H,2,16-17H2,1H3. The zero-order valence-electron chi connectivity index (χ0n) is 16.9. The minimum atomic E-state index is -0.00753. The summed E-state index contributed by atoms with van der Waals surface area (Å²) in [6, 6.07) is 25.7. The van der Waals surface area contributed by atoms with Crippen molar-refractivity contribution in [3.63, 3.8) is 0 Å². The van der Waals surface area contributed by atoms with E-state index >= 15 is 0 Å². The van der Waals surface area contributed by atoms with Crippen molar-refractivity contribution < 1.29 is 9.84 Å². The lowest BCUT2D eigenvalue weighted by Crippen LogP contribution is -2.31. The van der Waals surface area contributed by atoms with Gasteiger partial charge in [0.2, 0.25) is 0 Å². The highest BCUT2D eigenvalue weighted by atomic mass is 32.2. The number of thioether (sulfide) groups is 1. The Morgan fingerprint density at radius 2 is 1.70 bits per heavy atom. The van der Waals surface area contributed by atoms with Crippen LogP contribution in [0, 0.1) is 0 Å². The van der Waals surface area contributed by atoms with Crippen molar-refractivity contribution in [1.82, 2.24) is 10.3 Å². The van der Waals surface area contributed by atoms with Crippen LogP contribution in [-0.4, -0.2) is 21.7 Å². The molecule has 0 aromatic heterocycles. The molecule has 1 aliphatic heterocycles. The molecule has 6 heteroatoms. The molecule has 0 bridgehead atoms. The minimum Gasteiger partial charge on any atom is -0.508 e. The molecule has 30 heavy (non-hydrogen) atoms. The van der Waals surface area contributed by atoms with E-state index in [0.717, 1.165) is 34.3 Å². The smallest absolute Gasteiger partial charge is 0.185 e. The number of amidine groups is 1. The van der Waals surface area contributed by atoms with Gasteiger partial charge in [0.1, 0.15) is 24.3 Å². The van der Waals surface area contributed by atoms with Crippen molar-refractivity contribution in [1.29, 1.82) is 0 Å². The molecule has 1 heterocycles. The monoisotopic (exact) mass is 419 g/mol. The maximum atomic E-state index is 9.52. The van der Waals surface area contributed by atoms with E-state index in [1.807, 2.05) is 42.5 Å². The maximum absolute atomic E-state index is 9.52. The van der Waals surface area contributed by atoms with Crippen molar-refractivity contribution in [3.05, 3.63) is 95.6 Å². The minimum absolute atomic E-state index is 0.00753. The summed E-state index contributed by atoms with van der Waals surface area (Å²) in [6.45, 7) is 3.54. The van der Waals surface area contributed by atoms with Crippen LogP contribution in [0.5, 0.6) is 11.5 Å². The van der Waals surface area contributed by atoms with Crippen molar-refractivity contribution in [2.24, 2.45) is 5.10 Å². The Labute approximate surface area is 181 Å². The molecule has 0 saturated carbocycles. The van der Waals surface area contributed by atoms with Crippen LogP contribution >= 0.6 is 11.8 Å². The van der Waals surface area contributed by atoms with Crippen LogP contribution in [0.25, 0.3) is 0 Å². The fourth-order valence-corrected chi connectivity index (χ4v) is 4.28. The molecular weight excluding hydrogens is 394 g/mol. The van der Waals surface area contributed by atoms with E-state index in [2.05, 4.69) is 46.6 Å². The molecule has 3 aromatic carbocycles. The highest BCUT2D eigenvalue weighted by molar-refractivity contribution is 8.13. The zero-order chi connectivity index (χ0) is 20.8. The van der Waals surface area contributed by atoms with E-state index < -0.39 is 0 Å². The van der Waals surface area contributed by atoms with E-state index in [1.54, 1.807) is 23.9 Å². The molecule has 2 N–H and O–H groups in total. The molecule has 154 valence electrons. The normalized spacial score (nSPS) is 15.6. The number of phenols is 1. The summed E-state index contributed by atoms with van der Waals surface area (Å²) >= 11 is 1.71. The van der Waals surface area contributed by atoms with Gasteiger partial charge in [0.25, 0.3) is 0 Å². The van der Waals surface area contributed by atoms with Gasteiger partial charge in [-0.2, -0.15) is 5.10 Å².